The van der Waals surface area contributed by atoms with Gasteiger partial charge in [0.15, 0.2) is 10.9 Å². The van der Waals surface area contributed by atoms with Gasteiger partial charge >= 0.3 is 0 Å². The summed E-state index contributed by atoms with van der Waals surface area (Å²) in [5.41, 5.74) is 3.67. The Labute approximate surface area is 174 Å². The molecule has 6 heteroatoms. The van der Waals surface area contributed by atoms with Crippen LogP contribution in [-0.4, -0.2) is 16.7 Å². The molecule has 1 N–H and O–H groups in total. The molecular weight excluding hydrogens is 436 g/mol. The van der Waals surface area contributed by atoms with Crippen LogP contribution in [0.25, 0.3) is 10.2 Å². The van der Waals surface area contributed by atoms with Crippen LogP contribution in [0.5, 0.6) is 0 Å². The summed E-state index contributed by atoms with van der Waals surface area (Å²) < 4.78 is 0.853. The highest BCUT2D eigenvalue weighted by atomic mass is 79.9. The maximum absolute atomic E-state index is 12.6. The molecule has 0 bridgehead atoms. The minimum Gasteiger partial charge on any atom is -0.298 e. The number of anilines is 1. The third-order valence-electron chi connectivity index (χ3n) is 4.28. The SMILES string of the molecule is O=C(Nc1nc2ccc(C(=O)c3ccccc3)cc2s1)c1ccc(CBr)cc1. The number of benzene rings is 3. The lowest BCUT2D eigenvalue weighted by molar-refractivity contribution is 0.102. The van der Waals surface area contributed by atoms with Gasteiger partial charge in [-0.15, -0.1) is 0 Å². The molecule has 0 spiro atoms. The predicted molar refractivity (Wildman–Crippen MR) is 117 cm³/mol. The molecule has 0 saturated carbocycles. The zero-order chi connectivity index (χ0) is 19.5. The Kier molecular flexibility index (Phi) is 5.32. The number of ketones is 1. The molecule has 28 heavy (non-hydrogen) atoms. The number of hydrogen-bond donors (Lipinski definition) is 1. The number of fused-ring (bicyclic) bond motifs is 1. The Morgan fingerprint density at radius 1 is 0.893 bits per heavy atom. The predicted octanol–water partition coefficient (Wildman–Crippen LogP) is 5.67. The van der Waals surface area contributed by atoms with E-state index in [4.69, 9.17) is 0 Å². The number of alkyl halides is 1. The van der Waals surface area contributed by atoms with E-state index in [9.17, 15) is 9.59 Å². The minimum atomic E-state index is -0.208. The molecule has 0 fully saturated rings. The van der Waals surface area contributed by atoms with Crippen molar-refractivity contribution in [2.24, 2.45) is 0 Å². The molecule has 4 aromatic rings. The molecule has 1 heterocycles. The molecule has 0 saturated heterocycles. The molecule has 138 valence electrons. The van der Waals surface area contributed by atoms with E-state index in [2.05, 4.69) is 26.2 Å². The average molecular weight is 451 g/mol. The van der Waals surface area contributed by atoms with Crippen LogP contribution in [0, 0.1) is 0 Å². The number of hydrogen-bond acceptors (Lipinski definition) is 4. The van der Waals surface area contributed by atoms with E-state index < -0.39 is 0 Å². The first-order chi connectivity index (χ1) is 13.6. The molecule has 1 amide bonds. The van der Waals surface area contributed by atoms with Gasteiger partial charge in [-0.3, -0.25) is 14.9 Å². The molecule has 1 aromatic heterocycles. The van der Waals surface area contributed by atoms with Crippen molar-refractivity contribution in [1.29, 1.82) is 0 Å². The largest absolute Gasteiger partial charge is 0.298 e. The molecule has 0 aliphatic heterocycles. The lowest BCUT2D eigenvalue weighted by Gasteiger charge is -2.02. The van der Waals surface area contributed by atoms with Crippen molar-refractivity contribution in [1.82, 2.24) is 4.98 Å². The summed E-state index contributed by atoms with van der Waals surface area (Å²) in [4.78, 5) is 29.5. The maximum Gasteiger partial charge on any atom is 0.257 e. The zero-order valence-electron chi connectivity index (χ0n) is 14.7. The van der Waals surface area contributed by atoms with Gasteiger partial charge in [0, 0.05) is 22.0 Å². The van der Waals surface area contributed by atoms with Crippen molar-refractivity contribution in [2.45, 2.75) is 5.33 Å². The van der Waals surface area contributed by atoms with E-state index in [0.29, 0.717) is 21.8 Å². The lowest BCUT2D eigenvalue weighted by atomic mass is 10.0. The molecule has 0 atom stereocenters. The molecule has 4 nitrogen and oxygen atoms in total. The van der Waals surface area contributed by atoms with Gasteiger partial charge in [-0.1, -0.05) is 69.7 Å². The first kappa shape index (κ1) is 18.5. The highest BCUT2D eigenvalue weighted by Crippen LogP contribution is 2.28. The van der Waals surface area contributed by atoms with E-state index in [1.807, 2.05) is 42.5 Å². The lowest BCUT2D eigenvalue weighted by Crippen LogP contribution is -2.11. The average Bonchev–Trinajstić information content (AvgIpc) is 3.15. The van der Waals surface area contributed by atoms with Crippen molar-refractivity contribution in [3.8, 4) is 0 Å². The van der Waals surface area contributed by atoms with Gasteiger partial charge < -0.3 is 0 Å². The standard InChI is InChI=1S/C22H15BrN2O2S/c23-13-14-6-8-16(9-7-14)21(27)25-22-24-18-11-10-17(12-19(18)28-22)20(26)15-4-2-1-3-5-15/h1-12H,13H2,(H,24,25,27). The van der Waals surface area contributed by atoms with Crippen LogP contribution in [-0.2, 0) is 5.33 Å². The second-order valence-corrected chi connectivity index (χ2v) is 7.77. The molecule has 0 aliphatic rings. The van der Waals surface area contributed by atoms with Gasteiger partial charge in [0.2, 0.25) is 0 Å². The van der Waals surface area contributed by atoms with Crippen LogP contribution in [0.2, 0.25) is 0 Å². The van der Waals surface area contributed by atoms with Gasteiger partial charge in [-0.05, 0) is 35.9 Å². The number of thiazole rings is 1. The number of rotatable bonds is 5. The van der Waals surface area contributed by atoms with Gasteiger partial charge in [-0.2, -0.15) is 0 Å². The number of amides is 1. The smallest absolute Gasteiger partial charge is 0.257 e. The Morgan fingerprint density at radius 3 is 2.32 bits per heavy atom. The van der Waals surface area contributed by atoms with Crippen molar-refractivity contribution in [2.75, 3.05) is 5.32 Å². The highest BCUT2D eigenvalue weighted by molar-refractivity contribution is 9.08. The summed E-state index contributed by atoms with van der Waals surface area (Å²) in [6.07, 6.45) is 0. The van der Waals surface area contributed by atoms with Crippen molar-refractivity contribution in [3.63, 3.8) is 0 Å². The molecule has 3 aromatic carbocycles. The summed E-state index contributed by atoms with van der Waals surface area (Å²) in [6, 6.07) is 21.9. The van der Waals surface area contributed by atoms with Crippen LogP contribution >= 0.6 is 27.3 Å². The third-order valence-corrected chi connectivity index (χ3v) is 5.86. The van der Waals surface area contributed by atoms with Crippen LogP contribution in [0.3, 0.4) is 0 Å². The fourth-order valence-corrected chi connectivity index (χ4v) is 4.06. The Balaban J connectivity index is 1.56. The Hall–Kier alpha value is -2.83. The van der Waals surface area contributed by atoms with E-state index in [0.717, 1.165) is 21.1 Å². The third kappa shape index (κ3) is 3.88. The summed E-state index contributed by atoms with van der Waals surface area (Å²) in [5.74, 6) is -0.242. The van der Waals surface area contributed by atoms with E-state index in [1.165, 1.54) is 11.3 Å². The first-order valence-electron chi connectivity index (χ1n) is 8.60. The number of aromatic nitrogens is 1. The van der Waals surface area contributed by atoms with Gasteiger partial charge in [0.1, 0.15) is 0 Å². The first-order valence-corrected chi connectivity index (χ1v) is 10.5. The molecule has 4 rings (SSSR count). The Morgan fingerprint density at radius 2 is 1.61 bits per heavy atom. The maximum atomic E-state index is 12.6. The van der Waals surface area contributed by atoms with Crippen molar-refractivity contribution >= 4 is 54.3 Å². The summed E-state index contributed by atoms with van der Waals surface area (Å²) in [6.45, 7) is 0. The monoisotopic (exact) mass is 450 g/mol. The van der Waals surface area contributed by atoms with Crippen LogP contribution < -0.4 is 5.32 Å². The van der Waals surface area contributed by atoms with Crippen LogP contribution in [0.15, 0.2) is 72.8 Å². The second-order valence-electron chi connectivity index (χ2n) is 6.18. The fourth-order valence-electron chi connectivity index (χ4n) is 2.79. The van der Waals surface area contributed by atoms with Gasteiger partial charge in [0.05, 0.1) is 10.2 Å². The summed E-state index contributed by atoms with van der Waals surface area (Å²) >= 11 is 4.74. The van der Waals surface area contributed by atoms with E-state index in [1.54, 1.807) is 30.3 Å². The topological polar surface area (TPSA) is 59.1 Å². The molecule has 0 aliphatic carbocycles. The van der Waals surface area contributed by atoms with E-state index >= 15 is 0 Å². The van der Waals surface area contributed by atoms with Crippen LogP contribution in [0.4, 0.5) is 5.13 Å². The van der Waals surface area contributed by atoms with Crippen molar-refractivity contribution in [3.05, 3.63) is 95.1 Å². The number of carbonyl (C=O) groups is 2. The number of halogens is 1. The molecule has 0 radical (unpaired) electrons. The number of carbonyl (C=O) groups excluding carboxylic acids is 2. The Bertz CT molecular complexity index is 1150. The fraction of sp³-hybridized carbons (Fsp3) is 0.0455. The number of nitrogens with one attached hydrogen (secondary N) is 1. The normalized spacial score (nSPS) is 10.8. The minimum absolute atomic E-state index is 0.0339. The summed E-state index contributed by atoms with van der Waals surface area (Å²) in [7, 11) is 0. The van der Waals surface area contributed by atoms with Gasteiger partial charge in [0.25, 0.3) is 5.91 Å². The van der Waals surface area contributed by atoms with Crippen LogP contribution in [0.1, 0.15) is 31.8 Å². The van der Waals surface area contributed by atoms with Crippen molar-refractivity contribution < 1.29 is 9.59 Å². The van der Waals surface area contributed by atoms with E-state index in [-0.39, 0.29) is 11.7 Å². The summed E-state index contributed by atoms with van der Waals surface area (Å²) in [5, 5.41) is 4.09. The highest BCUT2D eigenvalue weighted by Gasteiger charge is 2.13. The molecule has 0 unspecified atom stereocenters. The zero-order valence-corrected chi connectivity index (χ0v) is 17.1. The second kappa shape index (κ2) is 8.04. The molecular formula is C22H15BrN2O2S. The number of nitrogens with zero attached hydrogens (tertiary/aromatic N) is 1. The quantitative estimate of drug-likeness (QED) is 0.314. The van der Waals surface area contributed by atoms with Gasteiger partial charge in [-0.25, -0.2) is 4.98 Å².